The average molecular weight is 334 g/mol. The van der Waals surface area contributed by atoms with Gasteiger partial charge in [0, 0.05) is 30.8 Å². The molecule has 2 saturated heterocycles. The normalized spacial score (nSPS) is 36.8. The van der Waals surface area contributed by atoms with Crippen LogP contribution in [0.1, 0.15) is 13.3 Å². The summed E-state index contributed by atoms with van der Waals surface area (Å²) in [4.78, 5) is 43.5. The smallest absolute Gasteiger partial charge is 0.325 e. The molecule has 9 heteroatoms. The molecule has 5 N–H and O–H groups in total. The number of ketones is 2. The summed E-state index contributed by atoms with van der Waals surface area (Å²) in [5, 5.41) is 3.27. The van der Waals surface area contributed by atoms with Crippen molar-refractivity contribution >= 4 is 17.5 Å². The summed E-state index contributed by atoms with van der Waals surface area (Å²) in [5.74, 6) is 2.89. The number of allylic oxidation sites excluding steroid dienone is 2. The van der Waals surface area contributed by atoms with Crippen LogP contribution in [-0.2, 0) is 24.0 Å². The molecule has 24 heavy (non-hydrogen) atoms. The van der Waals surface area contributed by atoms with E-state index in [0.717, 1.165) is 0 Å². The third kappa shape index (κ3) is 1.56. The fraction of sp³-hybridized carbons (Fsp3) is 0.533. The van der Waals surface area contributed by atoms with Crippen molar-refractivity contribution in [3.63, 3.8) is 0 Å². The van der Waals surface area contributed by atoms with E-state index in [1.54, 1.807) is 4.90 Å². The number of carbonyl (C=O) groups is 3. The van der Waals surface area contributed by atoms with E-state index in [-0.39, 0.29) is 46.8 Å². The molecule has 0 aromatic carbocycles. The second-order valence-corrected chi connectivity index (χ2v) is 6.52. The van der Waals surface area contributed by atoms with E-state index in [0.29, 0.717) is 6.54 Å². The Kier molecular flexibility index (Phi) is 2.97. The maximum absolute atomic E-state index is 12.8. The van der Waals surface area contributed by atoms with E-state index in [1.807, 2.05) is 0 Å². The lowest BCUT2D eigenvalue weighted by atomic mass is 9.80. The average Bonchev–Trinajstić information content (AvgIpc) is 3.19. The van der Waals surface area contributed by atoms with Gasteiger partial charge in [0.1, 0.15) is 0 Å². The number of nitrogens with two attached hydrogens (primary N) is 2. The van der Waals surface area contributed by atoms with Crippen LogP contribution >= 0.6 is 0 Å². The summed E-state index contributed by atoms with van der Waals surface area (Å²) in [7, 11) is 1.51. The van der Waals surface area contributed by atoms with Gasteiger partial charge in [-0.05, 0) is 6.92 Å². The first-order valence-corrected chi connectivity index (χ1v) is 7.66. The van der Waals surface area contributed by atoms with Gasteiger partial charge in [-0.1, -0.05) is 0 Å². The van der Waals surface area contributed by atoms with Crippen LogP contribution in [0, 0.1) is 5.92 Å². The summed E-state index contributed by atoms with van der Waals surface area (Å²) < 4.78 is 5.80. The molecule has 128 valence electrons. The van der Waals surface area contributed by atoms with E-state index in [4.69, 9.17) is 16.4 Å². The quantitative estimate of drug-likeness (QED) is 0.304. The van der Waals surface area contributed by atoms with Gasteiger partial charge in [-0.3, -0.25) is 14.4 Å². The standard InChI is InChI=1S/C15H18N4O5/c1-5-10(16)13(22)9-6(3-8(20)24-17)15(23-2)14-7(18-14)4-19(15)11(9)12(5)21/h6-7,14,18H,3-4,16-17H2,1-2H3/t6-,7-,14-,15+/m0/s1. The summed E-state index contributed by atoms with van der Waals surface area (Å²) in [6.07, 6.45) is -0.171. The molecule has 0 bridgehead atoms. The van der Waals surface area contributed by atoms with Crippen LogP contribution in [0.3, 0.4) is 0 Å². The van der Waals surface area contributed by atoms with Crippen molar-refractivity contribution < 1.29 is 24.0 Å². The van der Waals surface area contributed by atoms with Crippen LogP contribution in [0.25, 0.3) is 0 Å². The fourth-order valence-corrected chi connectivity index (χ4v) is 4.40. The van der Waals surface area contributed by atoms with Crippen molar-refractivity contribution in [3.05, 3.63) is 22.5 Å². The summed E-state index contributed by atoms with van der Waals surface area (Å²) in [5.41, 5.74) is 5.50. The molecule has 0 aromatic heterocycles. The predicted octanol–water partition coefficient (Wildman–Crippen LogP) is -1.94. The van der Waals surface area contributed by atoms with Crippen LogP contribution in [0.15, 0.2) is 22.5 Å². The Hall–Kier alpha value is -2.23. The van der Waals surface area contributed by atoms with E-state index < -0.39 is 23.4 Å². The fourth-order valence-electron chi connectivity index (χ4n) is 4.40. The van der Waals surface area contributed by atoms with E-state index in [1.165, 1.54) is 14.0 Å². The van der Waals surface area contributed by atoms with Crippen LogP contribution in [0.2, 0.25) is 0 Å². The highest BCUT2D eigenvalue weighted by atomic mass is 16.7. The van der Waals surface area contributed by atoms with Gasteiger partial charge in [0.2, 0.25) is 11.6 Å². The van der Waals surface area contributed by atoms with Crippen molar-refractivity contribution in [2.45, 2.75) is 31.2 Å². The number of carbonyl (C=O) groups excluding carboxylic acids is 3. The van der Waals surface area contributed by atoms with Gasteiger partial charge in [0.25, 0.3) is 0 Å². The van der Waals surface area contributed by atoms with Gasteiger partial charge in [-0.15, -0.1) is 0 Å². The Labute approximate surface area is 137 Å². The monoisotopic (exact) mass is 334 g/mol. The number of hydrogen-bond donors (Lipinski definition) is 3. The number of piperazine rings is 1. The summed E-state index contributed by atoms with van der Waals surface area (Å²) in [6, 6.07) is 0.0765. The zero-order chi connectivity index (χ0) is 17.4. The summed E-state index contributed by atoms with van der Waals surface area (Å²) in [6.45, 7) is 2.06. The number of hydrogen-bond acceptors (Lipinski definition) is 9. The van der Waals surface area contributed by atoms with Gasteiger partial charge >= 0.3 is 5.97 Å². The minimum Gasteiger partial charge on any atom is -0.395 e. The Morgan fingerprint density at radius 3 is 2.75 bits per heavy atom. The highest BCUT2D eigenvalue weighted by Crippen LogP contribution is 2.56. The SMILES string of the molecule is CO[C@@]12[C@@H](CC(=O)ON)C3=C(C(=O)C(C)=C(N)C3=O)N1C[C@@H]1N[C@@H]12. The van der Waals surface area contributed by atoms with Gasteiger partial charge < -0.3 is 25.5 Å². The maximum atomic E-state index is 12.8. The third-order valence-corrected chi connectivity index (χ3v) is 5.58. The molecule has 4 rings (SSSR count). The lowest BCUT2D eigenvalue weighted by molar-refractivity contribution is -0.155. The topological polar surface area (TPSA) is 147 Å². The molecule has 2 fully saturated rings. The Balaban J connectivity index is 1.88. The van der Waals surface area contributed by atoms with Crippen LogP contribution in [0.5, 0.6) is 0 Å². The molecule has 0 unspecified atom stereocenters. The highest BCUT2D eigenvalue weighted by Gasteiger charge is 2.72. The van der Waals surface area contributed by atoms with Gasteiger partial charge in [0.15, 0.2) is 5.72 Å². The largest absolute Gasteiger partial charge is 0.395 e. The highest BCUT2D eigenvalue weighted by molar-refractivity contribution is 6.25. The molecule has 0 spiro atoms. The Morgan fingerprint density at radius 2 is 2.12 bits per heavy atom. The first kappa shape index (κ1) is 15.3. The number of rotatable bonds is 3. The summed E-state index contributed by atoms with van der Waals surface area (Å²) >= 11 is 0. The molecule has 3 heterocycles. The number of fused-ring (bicyclic) bond motifs is 4. The molecule has 4 atom stereocenters. The molecule has 0 aromatic rings. The zero-order valence-corrected chi connectivity index (χ0v) is 13.3. The first-order valence-electron chi connectivity index (χ1n) is 7.66. The molecule has 9 nitrogen and oxygen atoms in total. The minimum absolute atomic E-state index is 0.0780. The Morgan fingerprint density at radius 1 is 1.42 bits per heavy atom. The predicted molar refractivity (Wildman–Crippen MR) is 79.5 cm³/mol. The molecule has 0 amide bonds. The molecule has 3 aliphatic heterocycles. The van der Waals surface area contributed by atoms with E-state index in [2.05, 4.69) is 10.2 Å². The molecule has 1 aliphatic carbocycles. The lowest BCUT2D eigenvalue weighted by Gasteiger charge is -2.39. The van der Waals surface area contributed by atoms with E-state index in [9.17, 15) is 14.4 Å². The van der Waals surface area contributed by atoms with Crippen molar-refractivity contribution in [1.82, 2.24) is 10.2 Å². The number of methoxy groups -OCH3 is 1. The molecule has 4 aliphatic rings. The van der Waals surface area contributed by atoms with Crippen LogP contribution < -0.4 is 16.9 Å². The number of nitrogens with one attached hydrogen (secondary N) is 1. The van der Waals surface area contributed by atoms with Gasteiger partial charge in [0.05, 0.1) is 29.8 Å². The van der Waals surface area contributed by atoms with Crippen molar-refractivity contribution in [1.29, 1.82) is 0 Å². The van der Waals surface area contributed by atoms with E-state index >= 15 is 0 Å². The third-order valence-electron chi connectivity index (χ3n) is 5.58. The molecular formula is C15H18N4O5. The number of ether oxygens (including phenoxy) is 1. The van der Waals surface area contributed by atoms with Crippen molar-refractivity contribution in [3.8, 4) is 0 Å². The molecular weight excluding hydrogens is 316 g/mol. The minimum atomic E-state index is -0.986. The first-order chi connectivity index (χ1) is 11.4. The van der Waals surface area contributed by atoms with Crippen molar-refractivity contribution in [2.75, 3.05) is 13.7 Å². The molecule has 0 saturated carbocycles. The van der Waals surface area contributed by atoms with Crippen LogP contribution in [-0.4, -0.2) is 53.9 Å². The van der Waals surface area contributed by atoms with Gasteiger partial charge in [-0.2, -0.15) is 5.90 Å². The maximum Gasteiger partial charge on any atom is 0.325 e. The second kappa shape index (κ2) is 4.65. The van der Waals surface area contributed by atoms with Crippen LogP contribution in [0.4, 0.5) is 0 Å². The number of nitrogens with zero attached hydrogens (tertiary/aromatic N) is 1. The zero-order valence-electron chi connectivity index (χ0n) is 13.3. The second-order valence-electron chi connectivity index (χ2n) is 6.52. The van der Waals surface area contributed by atoms with Gasteiger partial charge in [-0.25, -0.2) is 0 Å². The van der Waals surface area contributed by atoms with Crippen molar-refractivity contribution in [2.24, 2.45) is 17.5 Å². The molecule has 0 radical (unpaired) electrons. The Bertz CT molecular complexity index is 757. The number of Topliss-reactive ketones (excluding diaryl/α,β-unsaturated/α-hetero) is 2. The lowest BCUT2D eigenvalue weighted by Crippen LogP contribution is -2.54.